The predicted molar refractivity (Wildman–Crippen MR) is 118 cm³/mol. The quantitative estimate of drug-likeness (QED) is 0.708. The summed E-state index contributed by atoms with van der Waals surface area (Å²) in [6.45, 7) is 4.77. The summed E-state index contributed by atoms with van der Waals surface area (Å²) in [5.74, 6) is 0.236. The van der Waals surface area contributed by atoms with Crippen molar-refractivity contribution in [1.82, 2.24) is 15.2 Å². The Labute approximate surface area is 181 Å². The number of amides is 1. The molecule has 0 saturated carbocycles. The molecule has 0 bridgehead atoms. The van der Waals surface area contributed by atoms with Crippen LogP contribution in [0.25, 0.3) is 0 Å². The zero-order chi connectivity index (χ0) is 21.1. The predicted octanol–water partition coefficient (Wildman–Crippen LogP) is 3.25. The molecule has 9 heteroatoms. The molecule has 1 aromatic carbocycles. The highest BCUT2D eigenvalue weighted by Gasteiger charge is 2.33. The van der Waals surface area contributed by atoms with Crippen molar-refractivity contribution >= 4 is 32.4 Å². The molecule has 1 amide bonds. The Morgan fingerprint density at radius 3 is 2.73 bits per heavy atom. The van der Waals surface area contributed by atoms with Gasteiger partial charge in [-0.05, 0) is 63.7 Å². The minimum absolute atomic E-state index is 0.165. The van der Waals surface area contributed by atoms with Crippen molar-refractivity contribution in [2.75, 3.05) is 24.4 Å². The lowest BCUT2D eigenvalue weighted by Gasteiger charge is -2.44. The van der Waals surface area contributed by atoms with Crippen LogP contribution in [-0.4, -0.2) is 49.9 Å². The van der Waals surface area contributed by atoms with E-state index in [1.807, 2.05) is 0 Å². The molecule has 2 aromatic rings. The number of anilines is 1. The van der Waals surface area contributed by atoms with E-state index in [-0.39, 0.29) is 15.9 Å². The average Bonchev–Trinajstić information content (AvgIpc) is 3.12. The number of aromatic nitrogens is 1. The summed E-state index contributed by atoms with van der Waals surface area (Å²) in [4.78, 5) is 20.5. The number of sulfonamides is 1. The monoisotopic (exact) mass is 448 g/mol. The van der Waals surface area contributed by atoms with Gasteiger partial charge < -0.3 is 10.2 Å². The molecule has 30 heavy (non-hydrogen) atoms. The van der Waals surface area contributed by atoms with E-state index in [0.29, 0.717) is 29.1 Å². The Bertz CT molecular complexity index is 989. The molecule has 2 unspecified atom stereocenters. The van der Waals surface area contributed by atoms with Crippen molar-refractivity contribution in [3.8, 4) is 0 Å². The van der Waals surface area contributed by atoms with Crippen LogP contribution < -0.4 is 10.0 Å². The molecule has 2 saturated heterocycles. The van der Waals surface area contributed by atoms with E-state index in [1.165, 1.54) is 62.2 Å². The van der Waals surface area contributed by atoms with E-state index in [4.69, 9.17) is 0 Å². The second kappa shape index (κ2) is 9.03. The fourth-order valence-electron chi connectivity index (χ4n) is 4.55. The number of thiazole rings is 1. The molecule has 162 valence electrons. The molecule has 2 aliphatic heterocycles. The van der Waals surface area contributed by atoms with Crippen LogP contribution in [0.5, 0.6) is 0 Å². The number of aryl methyl sites for hydroxylation is 1. The van der Waals surface area contributed by atoms with Crippen molar-refractivity contribution in [1.29, 1.82) is 0 Å². The van der Waals surface area contributed by atoms with Crippen molar-refractivity contribution in [2.24, 2.45) is 5.92 Å². The zero-order valence-corrected chi connectivity index (χ0v) is 18.8. The van der Waals surface area contributed by atoms with Gasteiger partial charge in [-0.2, -0.15) is 0 Å². The second-order valence-electron chi connectivity index (χ2n) is 8.05. The minimum Gasteiger partial charge on any atom is -0.350 e. The van der Waals surface area contributed by atoms with Gasteiger partial charge in [-0.3, -0.25) is 9.52 Å². The molecule has 0 radical (unpaired) electrons. The maximum absolute atomic E-state index is 12.8. The lowest BCUT2D eigenvalue weighted by atomic mass is 9.83. The number of carbonyl (C=O) groups excluding carboxylic acids is 1. The number of fused-ring (bicyclic) bond motifs is 1. The van der Waals surface area contributed by atoms with E-state index in [1.54, 1.807) is 25.1 Å². The van der Waals surface area contributed by atoms with Crippen molar-refractivity contribution < 1.29 is 13.2 Å². The lowest BCUT2D eigenvalue weighted by Crippen LogP contribution is -2.51. The lowest BCUT2D eigenvalue weighted by molar-refractivity contribution is 0.0575. The molecular weight excluding hydrogens is 420 g/mol. The molecule has 1 aromatic heterocycles. The van der Waals surface area contributed by atoms with Gasteiger partial charge in [0.15, 0.2) is 5.13 Å². The van der Waals surface area contributed by atoms with Crippen LogP contribution in [0.15, 0.2) is 35.2 Å². The third kappa shape index (κ3) is 4.68. The molecular formula is C21H28N4O3S2. The first-order valence-corrected chi connectivity index (χ1v) is 12.8. The van der Waals surface area contributed by atoms with Gasteiger partial charge >= 0.3 is 0 Å². The Balaban J connectivity index is 1.40. The van der Waals surface area contributed by atoms with Crippen LogP contribution in [0.2, 0.25) is 0 Å². The third-order valence-electron chi connectivity index (χ3n) is 6.04. The molecule has 7 nitrogen and oxygen atoms in total. The van der Waals surface area contributed by atoms with Gasteiger partial charge in [-0.1, -0.05) is 24.6 Å². The number of hydrogen-bond donors (Lipinski definition) is 2. The molecule has 2 fully saturated rings. The van der Waals surface area contributed by atoms with Crippen LogP contribution in [0.1, 0.15) is 47.5 Å². The SMILES string of the molecule is Cc1sc(NS(=O)(=O)c2ccccc2)nc1C(=O)NCC1CCCN2CCCCC12. The normalized spacial score (nSPS) is 22.3. The second-order valence-corrected chi connectivity index (χ2v) is 10.9. The first kappa shape index (κ1) is 21.3. The largest absolute Gasteiger partial charge is 0.350 e. The third-order valence-corrected chi connectivity index (χ3v) is 8.41. The Hall–Kier alpha value is -1.97. The Morgan fingerprint density at radius 1 is 1.17 bits per heavy atom. The minimum atomic E-state index is -3.72. The van der Waals surface area contributed by atoms with E-state index in [0.717, 1.165) is 6.42 Å². The van der Waals surface area contributed by atoms with E-state index < -0.39 is 10.0 Å². The smallest absolute Gasteiger partial charge is 0.271 e. The zero-order valence-electron chi connectivity index (χ0n) is 17.1. The number of nitrogens with one attached hydrogen (secondary N) is 2. The Morgan fingerprint density at radius 2 is 1.93 bits per heavy atom. The summed E-state index contributed by atoms with van der Waals surface area (Å²) in [6, 6.07) is 8.70. The summed E-state index contributed by atoms with van der Waals surface area (Å²) >= 11 is 1.17. The van der Waals surface area contributed by atoms with E-state index >= 15 is 0 Å². The first-order chi connectivity index (χ1) is 14.4. The number of piperidine rings is 2. The van der Waals surface area contributed by atoms with Crippen molar-refractivity contribution in [2.45, 2.75) is 50.0 Å². The van der Waals surface area contributed by atoms with Gasteiger partial charge in [-0.15, -0.1) is 11.3 Å². The standard InChI is InChI=1S/C21H28N4O3S2/c1-15-19(23-21(29-15)24-30(27,28)17-9-3-2-4-10-17)20(26)22-14-16-8-7-13-25-12-6-5-11-18(16)25/h2-4,9-10,16,18H,5-8,11-14H2,1H3,(H,22,26)(H,23,24). The molecule has 2 aliphatic rings. The highest BCUT2D eigenvalue weighted by atomic mass is 32.2. The first-order valence-electron chi connectivity index (χ1n) is 10.5. The summed E-state index contributed by atoms with van der Waals surface area (Å²) in [7, 11) is -3.72. The molecule has 2 N–H and O–H groups in total. The van der Waals surface area contributed by atoms with Gasteiger partial charge in [-0.25, -0.2) is 13.4 Å². The number of rotatable bonds is 6. The van der Waals surface area contributed by atoms with Crippen molar-refractivity contribution in [3.05, 3.63) is 40.9 Å². The Kier molecular flexibility index (Phi) is 6.40. The molecule has 0 spiro atoms. The van der Waals surface area contributed by atoms with Gasteiger partial charge in [0.25, 0.3) is 15.9 Å². The summed E-state index contributed by atoms with van der Waals surface area (Å²) in [5, 5.41) is 3.26. The fourth-order valence-corrected chi connectivity index (χ4v) is 6.61. The topological polar surface area (TPSA) is 91.4 Å². The summed E-state index contributed by atoms with van der Waals surface area (Å²) in [5.41, 5.74) is 0.294. The van der Waals surface area contributed by atoms with E-state index in [2.05, 4.69) is 19.9 Å². The fraction of sp³-hybridized carbons (Fsp3) is 0.524. The van der Waals surface area contributed by atoms with Gasteiger partial charge in [0.2, 0.25) is 0 Å². The average molecular weight is 449 g/mol. The molecule has 2 atom stereocenters. The van der Waals surface area contributed by atoms with Crippen LogP contribution in [-0.2, 0) is 10.0 Å². The molecule has 3 heterocycles. The van der Waals surface area contributed by atoms with Crippen LogP contribution >= 0.6 is 11.3 Å². The van der Waals surface area contributed by atoms with Crippen LogP contribution in [0, 0.1) is 12.8 Å². The van der Waals surface area contributed by atoms with Gasteiger partial charge in [0.05, 0.1) is 4.90 Å². The van der Waals surface area contributed by atoms with Crippen LogP contribution in [0.4, 0.5) is 5.13 Å². The number of benzene rings is 1. The van der Waals surface area contributed by atoms with E-state index in [9.17, 15) is 13.2 Å². The van der Waals surface area contributed by atoms with Gasteiger partial charge in [0.1, 0.15) is 5.69 Å². The number of nitrogens with zero attached hydrogens (tertiary/aromatic N) is 2. The maximum Gasteiger partial charge on any atom is 0.271 e. The van der Waals surface area contributed by atoms with Crippen molar-refractivity contribution in [3.63, 3.8) is 0 Å². The summed E-state index contributed by atoms with van der Waals surface area (Å²) in [6.07, 6.45) is 6.07. The molecule has 4 rings (SSSR count). The highest BCUT2D eigenvalue weighted by Crippen LogP contribution is 2.31. The summed E-state index contributed by atoms with van der Waals surface area (Å²) < 4.78 is 27.5. The molecule has 0 aliphatic carbocycles. The highest BCUT2D eigenvalue weighted by molar-refractivity contribution is 7.93. The maximum atomic E-state index is 12.8. The van der Waals surface area contributed by atoms with Gasteiger partial charge in [0, 0.05) is 17.5 Å². The number of carbonyl (C=O) groups is 1. The number of hydrogen-bond acceptors (Lipinski definition) is 6. The van der Waals surface area contributed by atoms with Crippen LogP contribution in [0.3, 0.4) is 0 Å².